The minimum Gasteiger partial charge on any atom is -0.494 e. The van der Waals surface area contributed by atoms with Crippen LogP contribution in [0.5, 0.6) is 5.75 Å². The van der Waals surface area contributed by atoms with Gasteiger partial charge in [-0.1, -0.05) is 0 Å². The Morgan fingerprint density at radius 3 is 2.48 bits per heavy atom. The second-order valence-corrected chi connectivity index (χ2v) is 9.14. The summed E-state index contributed by atoms with van der Waals surface area (Å²) in [5, 5.41) is 0.772. The van der Waals surface area contributed by atoms with Crippen LogP contribution in [0, 0.1) is 6.92 Å². The van der Waals surface area contributed by atoms with Crippen molar-refractivity contribution in [3.63, 3.8) is 0 Å². The van der Waals surface area contributed by atoms with E-state index in [1.165, 1.54) is 11.3 Å². The summed E-state index contributed by atoms with van der Waals surface area (Å²) >= 11 is 1.34. The average molecular weight is 380 g/mol. The van der Waals surface area contributed by atoms with Gasteiger partial charge in [-0.05, 0) is 38.1 Å². The molecule has 0 aliphatic carbocycles. The molecule has 0 bridgehead atoms. The lowest BCUT2D eigenvalue weighted by molar-refractivity contribution is 0.0774. The van der Waals surface area contributed by atoms with E-state index >= 15 is 0 Å². The van der Waals surface area contributed by atoms with E-state index in [1.807, 2.05) is 38.1 Å². The Bertz CT molecular complexity index is 859. The zero-order valence-electron chi connectivity index (χ0n) is 14.2. The van der Waals surface area contributed by atoms with Crippen LogP contribution in [0.15, 0.2) is 24.3 Å². The lowest BCUT2D eigenvalue weighted by Gasteiger charge is -2.26. The summed E-state index contributed by atoms with van der Waals surface area (Å²) in [5.74, 6) is 0.720. The summed E-state index contributed by atoms with van der Waals surface area (Å²) < 4.78 is 28.5. The molecule has 1 aliphatic heterocycles. The van der Waals surface area contributed by atoms with Crippen molar-refractivity contribution in [2.45, 2.75) is 13.8 Å². The third-order valence-corrected chi connectivity index (χ3v) is 6.84. The molecule has 1 aromatic heterocycles. The van der Waals surface area contributed by atoms with Gasteiger partial charge in [-0.15, -0.1) is 11.3 Å². The van der Waals surface area contributed by atoms with Gasteiger partial charge in [0.05, 0.1) is 23.8 Å². The molecule has 0 saturated carbocycles. The molecule has 134 valence electrons. The van der Waals surface area contributed by atoms with Crippen molar-refractivity contribution in [2.75, 3.05) is 31.2 Å². The first kappa shape index (κ1) is 17.9. The quantitative estimate of drug-likeness (QED) is 0.814. The van der Waals surface area contributed by atoms with E-state index in [9.17, 15) is 13.2 Å². The van der Waals surface area contributed by atoms with Gasteiger partial charge in [0.25, 0.3) is 5.91 Å². The number of carbonyl (C=O) groups excluding carboxylic acids is 1. The number of ether oxygens (including phenoxy) is 1. The molecule has 0 unspecified atom stereocenters. The molecule has 0 spiro atoms. The Morgan fingerprint density at radius 1 is 1.24 bits per heavy atom. The number of amides is 1. The fraction of sp³-hybridized carbons (Fsp3) is 0.412. The minimum absolute atomic E-state index is 0.0301. The number of thiazole rings is 1. The number of hydrogen-bond acceptors (Lipinski definition) is 6. The maximum Gasteiger partial charge on any atom is 0.265 e. The summed E-state index contributed by atoms with van der Waals surface area (Å²) in [5.41, 5.74) is 1.60. The molecule has 0 atom stereocenters. The standard InChI is InChI=1S/C17H20N2O4S2/c1-3-23-14-6-4-13(5-7-14)16-18-12(2)15(24-16)17(20)19-8-10-25(21,22)11-9-19/h4-7H,3,8-11H2,1-2H3. The van der Waals surface area contributed by atoms with Crippen molar-refractivity contribution in [3.05, 3.63) is 34.8 Å². The van der Waals surface area contributed by atoms with E-state index in [-0.39, 0.29) is 30.5 Å². The largest absolute Gasteiger partial charge is 0.494 e. The Labute approximate surface area is 151 Å². The number of rotatable bonds is 4. The molecule has 2 heterocycles. The highest BCUT2D eigenvalue weighted by molar-refractivity contribution is 7.91. The van der Waals surface area contributed by atoms with Crippen LogP contribution < -0.4 is 4.74 Å². The molecule has 1 aromatic carbocycles. The van der Waals surface area contributed by atoms with Crippen molar-refractivity contribution in [1.29, 1.82) is 0 Å². The maximum atomic E-state index is 12.7. The average Bonchev–Trinajstić information content (AvgIpc) is 2.97. The van der Waals surface area contributed by atoms with Crippen LogP contribution in [0.25, 0.3) is 10.6 Å². The van der Waals surface area contributed by atoms with Crippen molar-refractivity contribution >= 4 is 27.1 Å². The van der Waals surface area contributed by atoms with Crippen LogP contribution in [0.4, 0.5) is 0 Å². The topological polar surface area (TPSA) is 76.6 Å². The number of nitrogens with zero attached hydrogens (tertiary/aromatic N) is 2. The van der Waals surface area contributed by atoms with E-state index < -0.39 is 9.84 Å². The molecule has 25 heavy (non-hydrogen) atoms. The number of hydrogen-bond donors (Lipinski definition) is 0. The summed E-state index contributed by atoms with van der Waals surface area (Å²) in [6.07, 6.45) is 0. The van der Waals surface area contributed by atoms with Crippen molar-refractivity contribution in [3.8, 4) is 16.3 Å². The number of sulfone groups is 1. The molecule has 0 radical (unpaired) electrons. The fourth-order valence-electron chi connectivity index (χ4n) is 2.64. The molecule has 3 rings (SSSR count). The predicted molar refractivity (Wildman–Crippen MR) is 98.0 cm³/mol. The zero-order chi connectivity index (χ0) is 18.0. The normalized spacial score (nSPS) is 16.6. The van der Waals surface area contributed by atoms with Gasteiger partial charge in [-0.25, -0.2) is 13.4 Å². The lowest BCUT2D eigenvalue weighted by atomic mass is 10.2. The highest BCUT2D eigenvalue weighted by Crippen LogP contribution is 2.30. The van der Waals surface area contributed by atoms with Crippen molar-refractivity contribution in [1.82, 2.24) is 9.88 Å². The maximum absolute atomic E-state index is 12.7. The van der Waals surface area contributed by atoms with E-state index in [0.717, 1.165) is 16.3 Å². The summed E-state index contributed by atoms with van der Waals surface area (Å²) in [7, 11) is -3.01. The molecule has 2 aromatic rings. The van der Waals surface area contributed by atoms with E-state index in [2.05, 4.69) is 4.98 Å². The Balaban J connectivity index is 1.79. The van der Waals surface area contributed by atoms with Crippen LogP contribution in [0.3, 0.4) is 0 Å². The van der Waals surface area contributed by atoms with Crippen LogP contribution >= 0.6 is 11.3 Å². The second kappa shape index (κ2) is 7.13. The SMILES string of the molecule is CCOc1ccc(-c2nc(C)c(C(=O)N3CCS(=O)(=O)CC3)s2)cc1. The van der Waals surface area contributed by atoms with Gasteiger partial charge in [0, 0.05) is 18.7 Å². The van der Waals surface area contributed by atoms with E-state index in [0.29, 0.717) is 17.2 Å². The van der Waals surface area contributed by atoms with Crippen molar-refractivity contribution < 1.29 is 17.9 Å². The smallest absolute Gasteiger partial charge is 0.265 e. The molecule has 0 N–H and O–H groups in total. The summed E-state index contributed by atoms with van der Waals surface area (Å²) in [4.78, 5) is 19.4. The fourth-order valence-corrected chi connectivity index (χ4v) is 4.88. The minimum atomic E-state index is -3.01. The Kier molecular flexibility index (Phi) is 5.10. The number of aromatic nitrogens is 1. The van der Waals surface area contributed by atoms with E-state index in [4.69, 9.17) is 4.74 Å². The molecule has 6 nitrogen and oxygen atoms in total. The molecule has 1 saturated heterocycles. The third kappa shape index (κ3) is 4.01. The van der Waals surface area contributed by atoms with Gasteiger partial charge in [0.15, 0.2) is 9.84 Å². The number of carbonyl (C=O) groups is 1. The molecule has 8 heteroatoms. The predicted octanol–water partition coefficient (Wildman–Crippen LogP) is 2.39. The number of benzene rings is 1. The molecule has 1 fully saturated rings. The van der Waals surface area contributed by atoms with Crippen LogP contribution in [-0.4, -0.2) is 55.4 Å². The van der Waals surface area contributed by atoms with Gasteiger partial charge in [0.1, 0.15) is 15.6 Å². The summed E-state index contributed by atoms with van der Waals surface area (Å²) in [6, 6.07) is 7.61. The molecular formula is C17H20N2O4S2. The van der Waals surface area contributed by atoms with Crippen LogP contribution in [0.2, 0.25) is 0 Å². The second-order valence-electron chi connectivity index (χ2n) is 5.83. The van der Waals surface area contributed by atoms with Crippen LogP contribution in [-0.2, 0) is 9.84 Å². The van der Waals surface area contributed by atoms with Gasteiger partial charge >= 0.3 is 0 Å². The zero-order valence-corrected chi connectivity index (χ0v) is 15.8. The van der Waals surface area contributed by atoms with Gasteiger partial charge < -0.3 is 9.64 Å². The molecule has 1 amide bonds. The molecule has 1 aliphatic rings. The first-order valence-corrected chi connectivity index (χ1v) is 10.7. The van der Waals surface area contributed by atoms with Gasteiger partial charge in [-0.3, -0.25) is 4.79 Å². The first-order chi connectivity index (χ1) is 11.9. The Hall–Kier alpha value is -1.93. The highest BCUT2D eigenvalue weighted by Gasteiger charge is 2.28. The van der Waals surface area contributed by atoms with Crippen molar-refractivity contribution in [2.24, 2.45) is 0 Å². The lowest BCUT2D eigenvalue weighted by Crippen LogP contribution is -2.43. The monoisotopic (exact) mass is 380 g/mol. The number of aryl methyl sites for hydroxylation is 1. The van der Waals surface area contributed by atoms with Crippen LogP contribution in [0.1, 0.15) is 22.3 Å². The van der Waals surface area contributed by atoms with Gasteiger partial charge in [0.2, 0.25) is 0 Å². The third-order valence-electron chi connectivity index (χ3n) is 4.03. The first-order valence-electron chi connectivity index (χ1n) is 8.10. The van der Waals surface area contributed by atoms with Gasteiger partial charge in [-0.2, -0.15) is 0 Å². The Morgan fingerprint density at radius 2 is 1.88 bits per heavy atom. The van der Waals surface area contributed by atoms with E-state index in [1.54, 1.807) is 4.90 Å². The highest BCUT2D eigenvalue weighted by atomic mass is 32.2. The summed E-state index contributed by atoms with van der Waals surface area (Å²) in [6.45, 7) is 4.85. The molecular weight excluding hydrogens is 360 g/mol.